The summed E-state index contributed by atoms with van der Waals surface area (Å²) in [6.45, 7) is 4.20. The SMILES string of the molecule is CCCCNC1=C(Oc2ccccc2)C(S(=O)(=O)CC)CC(C(=O)O)=C1. The lowest BCUT2D eigenvalue weighted by molar-refractivity contribution is -0.132. The first-order valence-corrected chi connectivity index (χ1v) is 10.5. The van der Waals surface area contributed by atoms with E-state index >= 15 is 0 Å². The maximum atomic E-state index is 12.6. The predicted molar refractivity (Wildman–Crippen MR) is 101 cm³/mol. The van der Waals surface area contributed by atoms with Gasteiger partial charge in [-0.05, 0) is 24.6 Å². The van der Waals surface area contributed by atoms with Crippen molar-refractivity contribution < 1.29 is 23.1 Å². The molecule has 1 aromatic carbocycles. The monoisotopic (exact) mass is 379 g/mol. The summed E-state index contributed by atoms with van der Waals surface area (Å²) >= 11 is 0. The first-order valence-electron chi connectivity index (χ1n) is 8.75. The van der Waals surface area contributed by atoms with E-state index in [1.165, 1.54) is 6.08 Å². The second-order valence-electron chi connectivity index (χ2n) is 6.09. The largest absolute Gasteiger partial charge is 0.478 e. The van der Waals surface area contributed by atoms with Crippen LogP contribution in [0.25, 0.3) is 0 Å². The Bertz CT molecular complexity index is 796. The van der Waals surface area contributed by atoms with E-state index in [1.807, 2.05) is 13.0 Å². The molecular weight excluding hydrogens is 354 g/mol. The second kappa shape index (κ2) is 8.89. The van der Waals surface area contributed by atoms with E-state index in [4.69, 9.17) is 4.74 Å². The summed E-state index contributed by atoms with van der Waals surface area (Å²) in [5.41, 5.74) is 0.486. The van der Waals surface area contributed by atoms with E-state index in [2.05, 4.69) is 5.32 Å². The molecule has 0 saturated heterocycles. The van der Waals surface area contributed by atoms with Crippen molar-refractivity contribution in [3.05, 3.63) is 53.4 Å². The van der Waals surface area contributed by atoms with Gasteiger partial charge in [0.15, 0.2) is 9.84 Å². The van der Waals surface area contributed by atoms with E-state index in [-0.39, 0.29) is 23.5 Å². The van der Waals surface area contributed by atoms with Gasteiger partial charge in [0.25, 0.3) is 0 Å². The Morgan fingerprint density at radius 3 is 2.54 bits per heavy atom. The van der Waals surface area contributed by atoms with Gasteiger partial charge >= 0.3 is 5.97 Å². The maximum Gasteiger partial charge on any atom is 0.331 e. The Labute approximate surface area is 154 Å². The molecule has 1 aliphatic carbocycles. The fourth-order valence-electron chi connectivity index (χ4n) is 2.68. The molecular formula is C19H25NO5S. The number of hydrogen-bond donors (Lipinski definition) is 2. The molecule has 6 nitrogen and oxygen atoms in total. The van der Waals surface area contributed by atoms with Crippen LogP contribution >= 0.6 is 0 Å². The molecule has 1 unspecified atom stereocenters. The number of nitrogens with one attached hydrogen (secondary N) is 1. The van der Waals surface area contributed by atoms with Crippen LogP contribution in [0.15, 0.2) is 53.4 Å². The van der Waals surface area contributed by atoms with E-state index in [9.17, 15) is 18.3 Å². The fraction of sp³-hybridized carbons (Fsp3) is 0.421. The van der Waals surface area contributed by atoms with Gasteiger partial charge in [-0.1, -0.05) is 38.5 Å². The lowest BCUT2D eigenvalue weighted by Crippen LogP contribution is -2.35. The molecule has 1 aromatic rings. The van der Waals surface area contributed by atoms with Crippen LogP contribution in [0.3, 0.4) is 0 Å². The van der Waals surface area contributed by atoms with Crippen LogP contribution in [0.5, 0.6) is 5.75 Å². The number of carbonyl (C=O) groups is 1. The third-order valence-corrected chi connectivity index (χ3v) is 6.26. The Hall–Kier alpha value is -2.28. The van der Waals surface area contributed by atoms with Crippen LogP contribution in [0, 0.1) is 0 Å². The molecule has 1 aliphatic rings. The summed E-state index contributed by atoms with van der Waals surface area (Å²) in [5, 5.41) is 11.5. The van der Waals surface area contributed by atoms with E-state index in [1.54, 1.807) is 31.2 Å². The fourth-order valence-corrected chi connectivity index (χ4v) is 4.02. The highest BCUT2D eigenvalue weighted by molar-refractivity contribution is 7.92. The smallest absolute Gasteiger partial charge is 0.331 e. The average molecular weight is 379 g/mol. The predicted octanol–water partition coefficient (Wildman–Crippen LogP) is 2.88. The zero-order valence-electron chi connectivity index (χ0n) is 15.1. The van der Waals surface area contributed by atoms with Gasteiger partial charge in [-0.15, -0.1) is 0 Å². The molecule has 7 heteroatoms. The number of rotatable bonds is 9. The van der Waals surface area contributed by atoms with Crippen molar-refractivity contribution in [3.8, 4) is 5.75 Å². The lowest BCUT2D eigenvalue weighted by atomic mass is 10.0. The van der Waals surface area contributed by atoms with E-state index < -0.39 is 21.1 Å². The number of carboxylic acid groups (broad SMARTS) is 1. The topological polar surface area (TPSA) is 92.7 Å². The first-order chi connectivity index (χ1) is 12.4. The Balaban J connectivity index is 2.51. The van der Waals surface area contributed by atoms with Crippen molar-refractivity contribution in [2.75, 3.05) is 12.3 Å². The molecule has 0 radical (unpaired) electrons. The molecule has 1 atom stereocenters. The average Bonchev–Trinajstić information content (AvgIpc) is 2.63. The number of aliphatic carboxylic acids is 1. The van der Waals surface area contributed by atoms with Crippen LogP contribution in [0.4, 0.5) is 0 Å². The van der Waals surface area contributed by atoms with Crippen LogP contribution < -0.4 is 10.1 Å². The number of para-hydroxylation sites is 1. The Morgan fingerprint density at radius 1 is 1.27 bits per heavy atom. The normalized spacial score (nSPS) is 17.6. The number of benzene rings is 1. The molecule has 142 valence electrons. The molecule has 0 aromatic heterocycles. The van der Waals surface area contributed by atoms with Crippen LogP contribution in [-0.2, 0) is 14.6 Å². The van der Waals surface area contributed by atoms with Crippen molar-refractivity contribution in [2.24, 2.45) is 0 Å². The van der Waals surface area contributed by atoms with Gasteiger partial charge in [0.1, 0.15) is 16.8 Å². The van der Waals surface area contributed by atoms with Crippen molar-refractivity contribution in [3.63, 3.8) is 0 Å². The summed E-state index contributed by atoms with van der Waals surface area (Å²) in [7, 11) is -3.55. The molecule has 0 saturated carbocycles. The van der Waals surface area contributed by atoms with Gasteiger partial charge < -0.3 is 15.2 Å². The minimum atomic E-state index is -3.55. The zero-order chi connectivity index (χ0) is 19.2. The molecule has 0 aliphatic heterocycles. The minimum Gasteiger partial charge on any atom is -0.478 e. The van der Waals surface area contributed by atoms with Crippen molar-refractivity contribution in [1.29, 1.82) is 0 Å². The van der Waals surface area contributed by atoms with Gasteiger partial charge in [0.05, 0.1) is 5.70 Å². The summed E-state index contributed by atoms with van der Waals surface area (Å²) in [5.74, 6) is -0.427. The molecule has 0 fully saturated rings. The molecule has 0 heterocycles. The van der Waals surface area contributed by atoms with Crippen molar-refractivity contribution in [1.82, 2.24) is 5.32 Å². The lowest BCUT2D eigenvalue weighted by Gasteiger charge is -2.27. The third kappa shape index (κ3) is 4.88. The number of unbranched alkanes of at least 4 members (excludes halogenated alkanes) is 1. The van der Waals surface area contributed by atoms with Gasteiger partial charge in [-0.25, -0.2) is 13.2 Å². The summed E-state index contributed by atoms with van der Waals surface area (Å²) in [4.78, 5) is 11.5. The summed E-state index contributed by atoms with van der Waals surface area (Å²) in [6.07, 6.45) is 3.22. The quantitative estimate of drug-likeness (QED) is 0.641. The first kappa shape index (κ1) is 20.0. The number of ether oxygens (including phenoxy) is 1. The van der Waals surface area contributed by atoms with Gasteiger partial charge in [-0.2, -0.15) is 0 Å². The molecule has 0 amide bonds. The summed E-state index contributed by atoms with van der Waals surface area (Å²) in [6, 6.07) is 8.91. The summed E-state index contributed by atoms with van der Waals surface area (Å²) < 4.78 is 31.2. The third-order valence-electron chi connectivity index (χ3n) is 4.21. The van der Waals surface area contributed by atoms with Crippen LogP contribution in [0.1, 0.15) is 33.1 Å². The van der Waals surface area contributed by atoms with Crippen molar-refractivity contribution in [2.45, 2.75) is 38.4 Å². The zero-order valence-corrected chi connectivity index (χ0v) is 15.9. The Morgan fingerprint density at radius 2 is 1.96 bits per heavy atom. The highest BCUT2D eigenvalue weighted by atomic mass is 32.2. The standard InChI is InChI=1S/C19H25NO5S/c1-3-5-11-20-16-12-14(19(21)22)13-17(26(23,24)4-2)18(16)25-15-9-7-6-8-10-15/h6-10,12,17,20H,3-5,11,13H2,1-2H3,(H,21,22). The number of hydrogen-bond acceptors (Lipinski definition) is 5. The number of carboxylic acids is 1. The second-order valence-corrected chi connectivity index (χ2v) is 8.56. The highest BCUT2D eigenvalue weighted by Gasteiger charge is 2.37. The minimum absolute atomic E-state index is 0.0615. The highest BCUT2D eigenvalue weighted by Crippen LogP contribution is 2.31. The van der Waals surface area contributed by atoms with Crippen molar-refractivity contribution >= 4 is 15.8 Å². The van der Waals surface area contributed by atoms with Gasteiger partial charge in [0, 0.05) is 24.3 Å². The molecule has 0 spiro atoms. The van der Waals surface area contributed by atoms with Crippen LogP contribution in [-0.4, -0.2) is 37.0 Å². The molecule has 2 N–H and O–H groups in total. The van der Waals surface area contributed by atoms with Crippen LogP contribution in [0.2, 0.25) is 0 Å². The van der Waals surface area contributed by atoms with E-state index in [0.29, 0.717) is 18.0 Å². The molecule has 0 bridgehead atoms. The van der Waals surface area contributed by atoms with Gasteiger partial charge in [-0.3, -0.25) is 0 Å². The number of sulfone groups is 1. The molecule has 26 heavy (non-hydrogen) atoms. The van der Waals surface area contributed by atoms with E-state index in [0.717, 1.165) is 12.8 Å². The molecule has 2 rings (SSSR count). The number of allylic oxidation sites excluding steroid dienone is 1. The van der Waals surface area contributed by atoms with Gasteiger partial charge in [0.2, 0.25) is 0 Å². The maximum absolute atomic E-state index is 12.6. The Kier molecular flexibility index (Phi) is 6.85.